The molecule has 1 rings (SSSR count). The van der Waals surface area contributed by atoms with Crippen LogP contribution in [0.15, 0.2) is 12.1 Å². The lowest BCUT2D eigenvalue weighted by atomic mass is 10.2. The number of rotatable bonds is 1. The maximum atomic E-state index is 12.2. The highest BCUT2D eigenvalue weighted by atomic mass is 19.4. The fraction of sp³-hybridized carbons (Fsp3) is 0.250. The van der Waals surface area contributed by atoms with E-state index in [-0.39, 0.29) is 5.56 Å². The van der Waals surface area contributed by atoms with Crippen molar-refractivity contribution in [2.45, 2.75) is 13.1 Å². The first kappa shape index (κ1) is 10.5. The Bertz CT molecular complexity index is 373. The number of aromatic nitrogens is 1. The van der Waals surface area contributed by atoms with Crippen LogP contribution < -0.4 is 0 Å². The molecule has 1 N–H and O–H groups in total. The van der Waals surface area contributed by atoms with Gasteiger partial charge in [0.2, 0.25) is 0 Å². The Kier molecular flexibility index (Phi) is 2.46. The highest BCUT2D eigenvalue weighted by Crippen LogP contribution is 2.28. The molecule has 1 aromatic heterocycles. The van der Waals surface area contributed by atoms with Crippen LogP contribution in [0.1, 0.15) is 21.7 Å². The van der Waals surface area contributed by atoms with Crippen LogP contribution in [-0.2, 0) is 6.18 Å². The van der Waals surface area contributed by atoms with Crippen molar-refractivity contribution in [3.8, 4) is 0 Å². The summed E-state index contributed by atoms with van der Waals surface area (Å²) in [5.74, 6) is -1.47. The van der Waals surface area contributed by atoms with Crippen LogP contribution in [0.4, 0.5) is 13.2 Å². The predicted octanol–water partition coefficient (Wildman–Crippen LogP) is 2.11. The number of hydrogen-bond acceptors (Lipinski definition) is 2. The summed E-state index contributed by atoms with van der Waals surface area (Å²) in [6.45, 7) is 1.38. The van der Waals surface area contributed by atoms with Crippen molar-refractivity contribution in [2.24, 2.45) is 0 Å². The summed E-state index contributed by atoms with van der Waals surface area (Å²) in [6.07, 6.45) is -4.61. The number of carboxylic acid groups (broad SMARTS) is 1. The van der Waals surface area contributed by atoms with Crippen molar-refractivity contribution < 1.29 is 23.1 Å². The number of pyridine rings is 1. The minimum atomic E-state index is -4.61. The maximum Gasteiger partial charge on any atom is 0.433 e. The summed E-state index contributed by atoms with van der Waals surface area (Å²) in [6, 6.07) is 1.88. The average molecular weight is 205 g/mol. The molecule has 1 aromatic rings. The zero-order valence-corrected chi connectivity index (χ0v) is 7.09. The number of aromatic carboxylic acids is 1. The van der Waals surface area contributed by atoms with Crippen LogP contribution in [0.5, 0.6) is 0 Å². The zero-order chi connectivity index (χ0) is 10.9. The molecule has 0 spiro atoms. The quantitative estimate of drug-likeness (QED) is 0.763. The Morgan fingerprint density at radius 1 is 1.43 bits per heavy atom. The average Bonchev–Trinajstić information content (AvgIpc) is 2.01. The van der Waals surface area contributed by atoms with Crippen molar-refractivity contribution >= 4 is 5.97 Å². The van der Waals surface area contributed by atoms with Gasteiger partial charge in [-0.15, -0.1) is 0 Å². The second-order valence-corrected chi connectivity index (χ2v) is 2.72. The summed E-state index contributed by atoms with van der Waals surface area (Å²) in [4.78, 5) is 13.4. The molecule has 0 radical (unpaired) electrons. The van der Waals surface area contributed by atoms with Gasteiger partial charge in [0, 0.05) is 0 Å². The van der Waals surface area contributed by atoms with Crippen LogP contribution in [0.3, 0.4) is 0 Å². The van der Waals surface area contributed by atoms with Gasteiger partial charge in [0.05, 0.1) is 0 Å². The highest BCUT2D eigenvalue weighted by molar-refractivity contribution is 5.85. The predicted molar refractivity (Wildman–Crippen MR) is 40.9 cm³/mol. The molecule has 76 valence electrons. The van der Waals surface area contributed by atoms with E-state index >= 15 is 0 Å². The maximum absolute atomic E-state index is 12.2. The molecule has 0 aromatic carbocycles. The normalized spacial score (nSPS) is 11.4. The van der Waals surface area contributed by atoms with E-state index in [1.54, 1.807) is 0 Å². The molecular weight excluding hydrogens is 199 g/mol. The van der Waals surface area contributed by atoms with Gasteiger partial charge in [0.15, 0.2) is 0 Å². The number of carboxylic acids is 1. The van der Waals surface area contributed by atoms with E-state index in [0.29, 0.717) is 0 Å². The minimum absolute atomic E-state index is 0.213. The summed E-state index contributed by atoms with van der Waals surface area (Å²) < 4.78 is 36.5. The third kappa shape index (κ3) is 2.21. The highest BCUT2D eigenvalue weighted by Gasteiger charge is 2.33. The van der Waals surface area contributed by atoms with Crippen molar-refractivity contribution in [1.29, 1.82) is 0 Å². The van der Waals surface area contributed by atoms with Crippen LogP contribution >= 0.6 is 0 Å². The first-order chi connectivity index (χ1) is 6.30. The van der Waals surface area contributed by atoms with Gasteiger partial charge in [-0.25, -0.2) is 9.78 Å². The molecule has 0 aliphatic heterocycles. The lowest BCUT2D eigenvalue weighted by Crippen LogP contribution is -2.12. The van der Waals surface area contributed by atoms with Gasteiger partial charge in [0.25, 0.3) is 0 Å². The van der Waals surface area contributed by atoms with E-state index in [1.165, 1.54) is 6.92 Å². The Labute approximate surface area is 77.2 Å². The molecule has 3 nitrogen and oxygen atoms in total. The van der Waals surface area contributed by atoms with Gasteiger partial charge in [0.1, 0.15) is 11.4 Å². The Balaban J connectivity index is 3.28. The molecule has 0 amide bonds. The minimum Gasteiger partial charge on any atom is -0.477 e. The molecule has 0 saturated carbocycles. The Morgan fingerprint density at radius 3 is 2.43 bits per heavy atom. The van der Waals surface area contributed by atoms with Gasteiger partial charge < -0.3 is 5.11 Å². The number of aryl methyl sites for hydroxylation is 1. The number of nitrogens with zero attached hydrogens (tertiary/aromatic N) is 1. The molecule has 0 saturated heterocycles. The zero-order valence-electron chi connectivity index (χ0n) is 7.09. The molecule has 0 aliphatic rings. The van der Waals surface area contributed by atoms with E-state index in [1.807, 2.05) is 0 Å². The molecule has 0 aliphatic carbocycles. The second kappa shape index (κ2) is 3.28. The SMILES string of the molecule is Cc1cc(C(=O)O)nc(C(F)(F)F)c1. The van der Waals surface area contributed by atoms with Crippen molar-refractivity contribution in [3.63, 3.8) is 0 Å². The molecule has 1 heterocycles. The summed E-state index contributed by atoms with van der Waals surface area (Å²) in [7, 11) is 0. The van der Waals surface area contributed by atoms with Crippen LogP contribution in [0.25, 0.3) is 0 Å². The summed E-state index contributed by atoms with van der Waals surface area (Å²) in [5.41, 5.74) is -1.57. The largest absolute Gasteiger partial charge is 0.477 e. The standard InChI is InChI=1S/C8H6F3NO2/c1-4-2-5(7(13)14)12-6(3-4)8(9,10)11/h2-3H,1H3,(H,13,14). The summed E-state index contributed by atoms with van der Waals surface area (Å²) in [5, 5.41) is 8.47. The summed E-state index contributed by atoms with van der Waals surface area (Å²) >= 11 is 0. The van der Waals surface area contributed by atoms with Crippen LogP contribution in [-0.4, -0.2) is 16.1 Å². The number of halogens is 3. The smallest absolute Gasteiger partial charge is 0.433 e. The van der Waals surface area contributed by atoms with E-state index in [4.69, 9.17) is 5.11 Å². The Hall–Kier alpha value is -1.59. The molecule has 0 fully saturated rings. The molecule has 6 heteroatoms. The van der Waals surface area contributed by atoms with E-state index < -0.39 is 23.5 Å². The van der Waals surface area contributed by atoms with E-state index in [2.05, 4.69) is 4.98 Å². The first-order valence-corrected chi connectivity index (χ1v) is 3.60. The van der Waals surface area contributed by atoms with E-state index in [9.17, 15) is 18.0 Å². The second-order valence-electron chi connectivity index (χ2n) is 2.72. The number of hydrogen-bond donors (Lipinski definition) is 1. The van der Waals surface area contributed by atoms with Gasteiger partial charge in [-0.1, -0.05) is 0 Å². The van der Waals surface area contributed by atoms with Gasteiger partial charge >= 0.3 is 12.1 Å². The van der Waals surface area contributed by atoms with Gasteiger partial charge in [-0.3, -0.25) is 0 Å². The third-order valence-corrected chi connectivity index (χ3v) is 1.48. The third-order valence-electron chi connectivity index (χ3n) is 1.48. The van der Waals surface area contributed by atoms with Gasteiger partial charge in [-0.2, -0.15) is 13.2 Å². The van der Waals surface area contributed by atoms with Gasteiger partial charge in [-0.05, 0) is 24.6 Å². The van der Waals surface area contributed by atoms with Crippen molar-refractivity contribution in [1.82, 2.24) is 4.98 Å². The van der Waals surface area contributed by atoms with Crippen molar-refractivity contribution in [2.75, 3.05) is 0 Å². The van der Waals surface area contributed by atoms with E-state index in [0.717, 1.165) is 12.1 Å². The molecule has 0 atom stereocenters. The number of alkyl halides is 3. The molecule has 0 bridgehead atoms. The van der Waals surface area contributed by atoms with Crippen molar-refractivity contribution in [3.05, 3.63) is 29.1 Å². The topological polar surface area (TPSA) is 50.2 Å². The fourth-order valence-electron chi connectivity index (χ4n) is 0.922. The Morgan fingerprint density at radius 2 is 2.00 bits per heavy atom. The lowest BCUT2D eigenvalue weighted by molar-refractivity contribution is -0.141. The lowest BCUT2D eigenvalue weighted by Gasteiger charge is -2.07. The van der Waals surface area contributed by atoms with Crippen LogP contribution in [0.2, 0.25) is 0 Å². The monoisotopic (exact) mass is 205 g/mol. The van der Waals surface area contributed by atoms with Crippen LogP contribution in [0, 0.1) is 6.92 Å². The fourth-order valence-corrected chi connectivity index (χ4v) is 0.922. The molecule has 0 unspecified atom stereocenters. The molecular formula is C8H6F3NO2. The first-order valence-electron chi connectivity index (χ1n) is 3.60. The molecule has 14 heavy (non-hydrogen) atoms. The number of carbonyl (C=O) groups is 1.